The van der Waals surface area contributed by atoms with Gasteiger partial charge in [0.1, 0.15) is 10.8 Å². The number of ether oxygens (including phenoxy) is 1. The van der Waals surface area contributed by atoms with E-state index in [4.69, 9.17) is 21.3 Å². The van der Waals surface area contributed by atoms with E-state index in [0.29, 0.717) is 23.7 Å². The summed E-state index contributed by atoms with van der Waals surface area (Å²) in [5, 5.41) is 3.76. The number of carbonyl (C=O) groups is 1. The number of hydrogen-bond donors (Lipinski definition) is 0. The predicted octanol–water partition coefficient (Wildman–Crippen LogP) is 4.43. The van der Waals surface area contributed by atoms with Crippen LogP contribution in [0.25, 0.3) is 11.3 Å². The molecule has 0 aliphatic carbocycles. The fraction of sp³-hybridized carbons (Fsp3) is 0.273. The molecule has 1 amide bonds. The Morgan fingerprint density at radius 3 is 2.69 bits per heavy atom. The van der Waals surface area contributed by atoms with Crippen LogP contribution in [0.15, 0.2) is 53.9 Å². The Bertz CT molecular complexity index is 999. The number of carbonyl (C=O) groups excluding carboxylic acids is 1. The van der Waals surface area contributed by atoms with E-state index in [1.807, 2.05) is 41.3 Å². The number of benzene rings is 2. The van der Waals surface area contributed by atoms with Crippen LogP contribution in [0.5, 0.6) is 5.75 Å². The van der Waals surface area contributed by atoms with Crippen LogP contribution < -0.4 is 4.74 Å². The zero-order valence-corrected chi connectivity index (χ0v) is 17.7. The minimum Gasteiger partial charge on any atom is -0.497 e. The second kappa shape index (κ2) is 8.95. The Balaban J connectivity index is 1.34. The van der Waals surface area contributed by atoms with E-state index in [9.17, 15) is 4.79 Å². The van der Waals surface area contributed by atoms with Crippen molar-refractivity contribution in [1.82, 2.24) is 14.8 Å². The summed E-state index contributed by atoms with van der Waals surface area (Å²) in [4.78, 5) is 21.7. The van der Waals surface area contributed by atoms with E-state index in [1.165, 1.54) is 0 Å². The van der Waals surface area contributed by atoms with Crippen molar-refractivity contribution in [2.45, 2.75) is 6.54 Å². The molecule has 2 heterocycles. The molecule has 1 aliphatic rings. The summed E-state index contributed by atoms with van der Waals surface area (Å²) < 4.78 is 5.30. The van der Waals surface area contributed by atoms with Crippen LogP contribution in [0.4, 0.5) is 0 Å². The van der Waals surface area contributed by atoms with Gasteiger partial charge in [0.15, 0.2) is 0 Å². The Morgan fingerprint density at radius 1 is 1.14 bits per heavy atom. The zero-order valence-electron chi connectivity index (χ0n) is 16.2. The third-order valence-electron chi connectivity index (χ3n) is 5.01. The molecule has 0 unspecified atom stereocenters. The van der Waals surface area contributed by atoms with Gasteiger partial charge in [-0.1, -0.05) is 29.8 Å². The second-order valence-corrected chi connectivity index (χ2v) is 8.32. The summed E-state index contributed by atoms with van der Waals surface area (Å²) in [6, 6.07) is 15.1. The number of piperazine rings is 1. The SMILES string of the molecule is COc1cccc(-c2csc(CN3CCN(C(=O)c4cccc(Cl)c4)CC3)n2)c1. The number of aromatic nitrogens is 1. The molecule has 4 rings (SSSR count). The molecule has 1 aliphatic heterocycles. The van der Waals surface area contributed by atoms with Crippen LogP contribution in [-0.2, 0) is 6.54 Å². The molecule has 1 fully saturated rings. The van der Waals surface area contributed by atoms with Crippen LogP contribution >= 0.6 is 22.9 Å². The third-order valence-corrected chi connectivity index (χ3v) is 6.08. The molecule has 1 saturated heterocycles. The molecule has 5 nitrogen and oxygen atoms in total. The van der Waals surface area contributed by atoms with Gasteiger partial charge in [-0.25, -0.2) is 4.98 Å². The molecule has 3 aromatic rings. The highest BCUT2D eigenvalue weighted by Crippen LogP contribution is 2.26. The summed E-state index contributed by atoms with van der Waals surface area (Å²) in [6.07, 6.45) is 0. The van der Waals surface area contributed by atoms with Gasteiger partial charge in [0.05, 0.1) is 19.3 Å². The van der Waals surface area contributed by atoms with Crippen LogP contribution in [0.1, 0.15) is 15.4 Å². The summed E-state index contributed by atoms with van der Waals surface area (Å²) in [6.45, 7) is 3.88. The summed E-state index contributed by atoms with van der Waals surface area (Å²) in [7, 11) is 1.67. The predicted molar refractivity (Wildman–Crippen MR) is 117 cm³/mol. The highest BCUT2D eigenvalue weighted by Gasteiger charge is 2.23. The quantitative estimate of drug-likeness (QED) is 0.604. The van der Waals surface area contributed by atoms with Crippen molar-refractivity contribution >= 4 is 28.8 Å². The van der Waals surface area contributed by atoms with Gasteiger partial charge in [-0.3, -0.25) is 9.69 Å². The molecule has 0 spiro atoms. The number of rotatable bonds is 5. The van der Waals surface area contributed by atoms with Crippen molar-refractivity contribution < 1.29 is 9.53 Å². The fourth-order valence-electron chi connectivity index (χ4n) is 3.40. The maximum Gasteiger partial charge on any atom is 0.253 e. The molecule has 29 heavy (non-hydrogen) atoms. The standard InChI is InChI=1S/C22H22ClN3O2S/c1-28-19-7-3-4-16(13-19)20-15-29-21(24-20)14-25-8-10-26(11-9-25)22(27)17-5-2-6-18(23)12-17/h2-7,12-13,15H,8-11,14H2,1H3. The van der Waals surface area contributed by atoms with Gasteiger partial charge in [-0.05, 0) is 30.3 Å². The summed E-state index contributed by atoms with van der Waals surface area (Å²) >= 11 is 7.68. The second-order valence-electron chi connectivity index (χ2n) is 6.94. The van der Waals surface area contributed by atoms with Gasteiger partial charge in [0.2, 0.25) is 0 Å². The normalized spacial score (nSPS) is 14.8. The van der Waals surface area contributed by atoms with E-state index in [0.717, 1.165) is 41.6 Å². The molecule has 0 bridgehead atoms. The van der Waals surface area contributed by atoms with Crippen molar-refractivity contribution in [3.63, 3.8) is 0 Å². The number of hydrogen-bond acceptors (Lipinski definition) is 5. The van der Waals surface area contributed by atoms with Crippen molar-refractivity contribution in [2.75, 3.05) is 33.3 Å². The first-order valence-corrected chi connectivity index (χ1v) is 10.7. The van der Waals surface area contributed by atoms with Gasteiger partial charge < -0.3 is 9.64 Å². The monoisotopic (exact) mass is 427 g/mol. The lowest BCUT2D eigenvalue weighted by Crippen LogP contribution is -2.48. The highest BCUT2D eigenvalue weighted by molar-refractivity contribution is 7.09. The molecule has 0 atom stereocenters. The van der Waals surface area contributed by atoms with Gasteiger partial charge in [0.25, 0.3) is 5.91 Å². The summed E-state index contributed by atoms with van der Waals surface area (Å²) in [5.41, 5.74) is 2.68. The van der Waals surface area contributed by atoms with Crippen LogP contribution in [-0.4, -0.2) is 54.0 Å². The molecule has 150 valence electrons. The molecule has 0 radical (unpaired) electrons. The number of thiazole rings is 1. The Morgan fingerprint density at radius 2 is 1.93 bits per heavy atom. The molecule has 0 saturated carbocycles. The largest absolute Gasteiger partial charge is 0.497 e. The molecular formula is C22H22ClN3O2S. The first-order valence-electron chi connectivity index (χ1n) is 9.48. The smallest absolute Gasteiger partial charge is 0.253 e. The van der Waals surface area contributed by atoms with Crippen molar-refractivity contribution in [1.29, 1.82) is 0 Å². The van der Waals surface area contributed by atoms with E-state index < -0.39 is 0 Å². The molecular weight excluding hydrogens is 406 g/mol. The topological polar surface area (TPSA) is 45.7 Å². The maximum atomic E-state index is 12.7. The number of methoxy groups -OCH3 is 1. The zero-order chi connectivity index (χ0) is 20.2. The van der Waals surface area contributed by atoms with E-state index in [-0.39, 0.29) is 5.91 Å². The average molecular weight is 428 g/mol. The van der Waals surface area contributed by atoms with Gasteiger partial charge in [-0.2, -0.15) is 0 Å². The van der Waals surface area contributed by atoms with Crippen LogP contribution in [0.2, 0.25) is 5.02 Å². The lowest BCUT2D eigenvalue weighted by molar-refractivity contribution is 0.0628. The number of nitrogens with zero attached hydrogens (tertiary/aromatic N) is 3. The Kier molecular flexibility index (Phi) is 6.13. The lowest BCUT2D eigenvalue weighted by Gasteiger charge is -2.34. The van der Waals surface area contributed by atoms with Gasteiger partial charge >= 0.3 is 0 Å². The first kappa shape index (κ1) is 19.9. The van der Waals surface area contributed by atoms with Crippen LogP contribution in [0.3, 0.4) is 0 Å². The molecule has 0 N–H and O–H groups in total. The molecule has 2 aromatic carbocycles. The van der Waals surface area contributed by atoms with Gasteiger partial charge in [0, 0.05) is 47.7 Å². The highest BCUT2D eigenvalue weighted by atomic mass is 35.5. The van der Waals surface area contributed by atoms with Crippen LogP contribution in [0, 0.1) is 0 Å². The van der Waals surface area contributed by atoms with E-state index >= 15 is 0 Å². The fourth-order valence-corrected chi connectivity index (χ4v) is 4.44. The van der Waals surface area contributed by atoms with Crippen molar-refractivity contribution in [2.24, 2.45) is 0 Å². The molecule has 1 aromatic heterocycles. The Hall–Kier alpha value is -2.41. The first-order chi connectivity index (χ1) is 14.1. The van der Waals surface area contributed by atoms with Gasteiger partial charge in [-0.15, -0.1) is 11.3 Å². The number of amides is 1. The lowest BCUT2D eigenvalue weighted by atomic mass is 10.1. The average Bonchev–Trinajstić information content (AvgIpc) is 3.22. The summed E-state index contributed by atoms with van der Waals surface area (Å²) in [5.74, 6) is 0.874. The third kappa shape index (κ3) is 4.78. The van der Waals surface area contributed by atoms with Crippen molar-refractivity contribution in [3.8, 4) is 17.0 Å². The minimum atomic E-state index is 0.0432. The number of halogens is 1. The Labute approximate surface area is 179 Å². The van der Waals surface area contributed by atoms with E-state index in [2.05, 4.69) is 10.3 Å². The maximum absolute atomic E-state index is 12.7. The minimum absolute atomic E-state index is 0.0432. The van der Waals surface area contributed by atoms with Crippen molar-refractivity contribution in [3.05, 3.63) is 69.5 Å². The van der Waals surface area contributed by atoms with E-state index in [1.54, 1.807) is 30.6 Å². The molecule has 7 heteroatoms.